The molecule has 0 aliphatic rings. The van der Waals surface area contributed by atoms with Gasteiger partial charge in [-0.25, -0.2) is 5.84 Å². The summed E-state index contributed by atoms with van der Waals surface area (Å²) in [4.78, 5) is 18.1. The molecule has 3 aromatic rings. The molecule has 0 aliphatic carbocycles. The van der Waals surface area contributed by atoms with Crippen molar-refractivity contribution in [1.29, 1.82) is 0 Å². The molecular formula is C35H51F3N8O. The Labute approximate surface area is 277 Å². The summed E-state index contributed by atoms with van der Waals surface area (Å²) in [5, 5.41) is 5.32. The van der Waals surface area contributed by atoms with Crippen LogP contribution in [0, 0.1) is 6.92 Å². The van der Waals surface area contributed by atoms with Crippen LogP contribution >= 0.6 is 0 Å². The quantitative estimate of drug-likeness (QED) is 0.0997. The summed E-state index contributed by atoms with van der Waals surface area (Å²) in [6, 6.07) is 21.1. The van der Waals surface area contributed by atoms with Crippen molar-refractivity contribution in [3.8, 4) is 0 Å². The number of alkyl halides is 3. The van der Waals surface area contributed by atoms with Crippen molar-refractivity contribution in [3.63, 3.8) is 0 Å². The zero-order chi connectivity index (χ0) is 35.8. The van der Waals surface area contributed by atoms with Gasteiger partial charge >= 0.3 is 6.18 Å². The molecule has 258 valence electrons. The summed E-state index contributed by atoms with van der Waals surface area (Å²) in [5.41, 5.74) is 7.32. The van der Waals surface area contributed by atoms with Gasteiger partial charge in [-0.2, -0.15) is 13.2 Å². The van der Waals surface area contributed by atoms with Gasteiger partial charge in [0.05, 0.1) is 23.3 Å². The van der Waals surface area contributed by atoms with Gasteiger partial charge in [0.2, 0.25) is 11.9 Å². The summed E-state index contributed by atoms with van der Waals surface area (Å²) in [6.45, 7) is 15.0. The number of carbonyl (C=O) groups is 1. The van der Waals surface area contributed by atoms with Crippen molar-refractivity contribution in [2.75, 3.05) is 30.4 Å². The summed E-state index contributed by atoms with van der Waals surface area (Å²) in [6.07, 6.45) is -2.22. The van der Waals surface area contributed by atoms with E-state index in [-0.39, 0.29) is 11.9 Å². The Hall–Kier alpha value is -4.58. The van der Waals surface area contributed by atoms with Gasteiger partial charge < -0.3 is 15.6 Å². The monoisotopic (exact) mass is 656 g/mol. The molecule has 0 aliphatic heterocycles. The standard InChI is InChI=1S/C22H28F3N3.C10H14.C3H9N5O/c1-6-18-12-19(22(23,24)25)13-20(21(18)28(7-2)15-26-4)27(5)14-17-10-8-16(3)9-11-17;1-10(2,3)9-7-5-4-6-8-9;1-2(9)6-3(7-4)8-5/h8-13,15H,6-7,14H2,1-5H3;4-8H,1-3H3;4-5H2,1H3,(H2,6,7,8,9). The van der Waals surface area contributed by atoms with Crippen LogP contribution in [0.1, 0.15) is 69.4 Å². The molecule has 1 amide bonds. The number of nitrogens with two attached hydrogens (primary N) is 2. The fraction of sp³-hybridized carbons (Fsp3) is 0.400. The number of guanidine groups is 1. The molecule has 3 aromatic carbocycles. The summed E-state index contributed by atoms with van der Waals surface area (Å²) in [7, 11) is 3.49. The second-order valence-electron chi connectivity index (χ2n) is 11.8. The van der Waals surface area contributed by atoms with Crippen LogP contribution in [0.3, 0.4) is 0 Å². The van der Waals surface area contributed by atoms with E-state index in [9.17, 15) is 18.0 Å². The SMILES string of the molecule is CC(=O)N/C(=N/N)NN.CC(C)(C)c1ccccc1.CCc1cc(C(F)(F)F)cc(N(C)Cc2ccc(C)cc2)c1N(C=NC)CC. The maximum Gasteiger partial charge on any atom is 0.416 e. The Morgan fingerprint density at radius 1 is 0.979 bits per heavy atom. The van der Waals surface area contributed by atoms with Gasteiger partial charge in [0.1, 0.15) is 0 Å². The minimum atomic E-state index is -4.39. The molecule has 0 unspecified atom stereocenters. The van der Waals surface area contributed by atoms with Crippen LogP contribution < -0.4 is 32.2 Å². The highest BCUT2D eigenvalue weighted by atomic mass is 19.4. The lowest BCUT2D eigenvalue weighted by Crippen LogP contribution is -2.44. The lowest BCUT2D eigenvalue weighted by Gasteiger charge is -2.30. The summed E-state index contributed by atoms with van der Waals surface area (Å²) in [5.74, 6) is 9.38. The van der Waals surface area contributed by atoms with E-state index in [1.165, 1.54) is 24.6 Å². The lowest BCUT2D eigenvalue weighted by molar-refractivity contribution is -0.137. The van der Waals surface area contributed by atoms with Crippen molar-refractivity contribution in [2.45, 2.75) is 73.0 Å². The number of anilines is 2. The molecule has 0 saturated heterocycles. The topological polar surface area (TPSA) is 124 Å². The fourth-order valence-electron chi connectivity index (χ4n) is 4.43. The van der Waals surface area contributed by atoms with E-state index in [1.54, 1.807) is 13.4 Å². The Morgan fingerprint density at radius 3 is 1.96 bits per heavy atom. The minimum absolute atomic E-state index is 0.0440. The van der Waals surface area contributed by atoms with E-state index in [0.717, 1.165) is 16.8 Å². The highest BCUT2D eigenvalue weighted by molar-refractivity contribution is 5.95. The molecule has 9 nitrogen and oxygen atoms in total. The first-order chi connectivity index (χ1) is 22.0. The van der Waals surface area contributed by atoms with Gasteiger partial charge in [-0.3, -0.25) is 20.5 Å². The highest BCUT2D eigenvalue weighted by Gasteiger charge is 2.33. The fourth-order valence-corrected chi connectivity index (χ4v) is 4.43. The third-order valence-electron chi connectivity index (χ3n) is 6.91. The Balaban J connectivity index is 0.000000472. The van der Waals surface area contributed by atoms with Crippen LogP contribution in [0.2, 0.25) is 0 Å². The molecule has 6 N–H and O–H groups in total. The number of benzene rings is 3. The molecule has 12 heteroatoms. The maximum absolute atomic E-state index is 13.5. The van der Waals surface area contributed by atoms with Crippen LogP contribution in [0.15, 0.2) is 76.8 Å². The molecule has 0 radical (unpaired) electrons. The Bertz CT molecular complexity index is 1430. The average Bonchev–Trinajstić information content (AvgIpc) is 3.03. The van der Waals surface area contributed by atoms with Gasteiger partial charge in [-0.15, -0.1) is 5.10 Å². The van der Waals surface area contributed by atoms with E-state index in [0.29, 0.717) is 36.2 Å². The van der Waals surface area contributed by atoms with Crippen molar-refractivity contribution < 1.29 is 18.0 Å². The number of hydrazine groups is 1. The van der Waals surface area contributed by atoms with E-state index < -0.39 is 11.7 Å². The molecule has 0 aromatic heterocycles. The average molecular weight is 657 g/mol. The first kappa shape index (κ1) is 40.4. The Kier molecular flexibility index (Phi) is 16.5. The normalized spacial score (nSPS) is 11.6. The summed E-state index contributed by atoms with van der Waals surface area (Å²) < 4.78 is 40.6. The number of amides is 1. The van der Waals surface area contributed by atoms with E-state index >= 15 is 0 Å². The zero-order valence-electron chi connectivity index (χ0n) is 29.0. The van der Waals surface area contributed by atoms with Crippen molar-refractivity contribution >= 4 is 29.6 Å². The third kappa shape index (κ3) is 13.7. The second-order valence-corrected chi connectivity index (χ2v) is 11.8. The van der Waals surface area contributed by atoms with Crippen molar-refractivity contribution in [3.05, 3.63) is 94.5 Å². The number of hydrogen-bond donors (Lipinski definition) is 4. The number of halogens is 3. The molecule has 0 spiro atoms. The smallest absolute Gasteiger partial charge is 0.369 e. The number of rotatable bonds is 7. The van der Waals surface area contributed by atoms with E-state index in [1.807, 2.05) is 61.9 Å². The van der Waals surface area contributed by atoms with Crippen molar-refractivity contribution in [1.82, 2.24) is 10.7 Å². The minimum Gasteiger partial charge on any atom is -0.369 e. The predicted octanol–water partition coefficient (Wildman–Crippen LogP) is 6.50. The predicted molar refractivity (Wildman–Crippen MR) is 189 cm³/mol. The molecule has 0 bridgehead atoms. The number of aryl methyl sites for hydroxylation is 2. The van der Waals surface area contributed by atoms with E-state index in [2.05, 4.69) is 71.9 Å². The van der Waals surface area contributed by atoms with Crippen LogP contribution in [0.25, 0.3) is 0 Å². The van der Waals surface area contributed by atoms with Crippen molar-refractivity contribution in [2.24, 2.45) is 21.8 Å². The summed E-state index contributed by atoms with van der Waals surface area (Å²) >= 11 is 0. The zero-order valence-corrected chi connectivity index (χ0v) is 29.0. The van der Waals surface area contributed by atoms with Crippen LogP contribution in [-0.2, 0) is 29.4 Å². The number of hydrogen-bond acceptors (Lipinski definition) is 6. The molecule has 3 rings (SSSR count). The molecular weight excluding hydrogens is 605 g/mol. The van der Waals surface area contributed by atoms with E-state index in [4.69, 9.17) is 11.7 Å². The molecule has 47 heavy (non-hydrogen) atoms. The third-order valence-corrected chi connectivity index (χ3v) is 6.91. The van der Waals surface area contributed by atoms with Crippen LogP contribution in [0.4, 0.5) is 24.5 Å². The molecule has 0 heterocycles. The Morgan fingerprint density at radius 2 is 1.57 bits per heavy atom. The number of carbonyl (C=O) groups excluding carboxylic acids is 1. The first-order valence-electron chi connectivity index (χ1n) is 15.3. The van der Waals surface area contributed by atoms with Gasteiger partial charge in [-0.1, -0.05) is 87.9 Å². The molecule has 0 fully saturated rings. The molecule has 0 saturated carbocycles. The second kappa shape index (κ2) is 19.2. The van der Waals surface area contributed by atoms with Crippen LogP contribution in [0.5, 0.6) is 0 Å². The maximum atomic E-state index is 13.5. The van der Waals surface area contributed by atoms with Gasteiger partial charge in [0, 0.05) is 34.1 Å². The number of nitrogens with one attached hydrogen (secondary N) is 2. The number of nitrogens with zero attached hydrogens (tertiary/aromatic N) is 4. The highest BCUT2D eigenvalue weighted by Crippen LogP contribution is 2.40. The van der Waals surface area contributed by atoms with Gasteiger partial charge in [0.25, 0.3) is 0 Å². The van der Waals surface area contributed by atoms with Crippen LogP contribution in [-0.4, -0.2) is 38.8 Å². The van der Waals surface area contributed by atoms with Gasteiger partial charge in [-0.05, 0) is 54.5 Å². The number of aliphatic imine (C=N–C) groups is 1. The first-order valence-corrected chi connectivity index (χ1v) is 15.3. The van der Waals surface area contributed by atoms with Gasteiger partial charge in [0.15, 0.2) is 0 Å². The number of hydrazone groups is 1. The largest absolute Gasteiger partial charge is 0.416 e. The molecule has 0 atom stereocenters. The lowest BCUT2D eigenvalue weighted by atomic mass is 9.87.